The minimum atomic E-state index is -3.10. The number of sulfone groups is 1. The fourth-order valence-corrected chi connectivity index (χ4v) is 5.48. The van der Waals surface area contributed by atoms with Crippen molar-refractivity contribution in [2.24, 2.45) is 5.92 Å². The molecule has 0 saturated heterocycles. The zero-order chi connectivity index (χ0) is 30.3. The molecule has 0 spiro atoms. The first-order valence-corrected chi connectivity index (χ1v) is 15.6. The summed E-state index contributed by atoms with van der Waals surface area (Å²) in [6, 6.07) is 5.93. The van der Waals surface area contributed by atoms with Crippen molar-refractivity contribution < 1.29 is 32.6 Å². The number of hydrogen-bond acceptors (Lipinski definition) is 8. The molecule has 222 valence electrons. The van der Waals surface area contributed by atoms with E-state index in [-0.39, 0.29) is 36.2 Å². The summed E-state index contributed by atoms with van der Waals surface area (Å²) in [7, 11) is -3.10. The topological polar surface area (TPSA) is 127 Å². The summed E-state index contributed by atoms with van der Waals surface area (Å²) in [5.41, 5.74) is 1.92. The molecule has 1 aromatic heterocycles. The maximum absolute atomic E-state index is 13.7. The fraction of sp³-hybridized carbons (Fsp3) is 0.567. The van der Waals surface area contributed by atoms with E-state index in [1.165, 1.54) is 24.5 Å². The average molecular weight is 579 g/mol. The number of halogens is 1. The third-order valence-corrected chi connectivity index (χ3v) is 7.13. The number of esters is 1. The highest BCUT2D eigenvalue weighted by Gasteiger charge is 2.22. The van der Waals surface area contributed by atoms with Gasteiger partial charge < -0.3 is 14.9 Å². The van der Waals surface area contributed by atoms with Gasteiger partial charge in [-0.1, -0.05) is 32.9 Å². The van der Waals surface area contributed by atoms with E-state index in [4.69, 9.17) is 14.7 Å². The van der Waals surface area contributed by atoms with Gasteiger partial charge in [-0.3, -0.25) is 4.79 Å². The molecular formula is C30H43FN2O6S. The Morgan fingerprint density at radius 3 is 2.27 bits per heavy atom. The second-order valence-corrected chi connectivity index (χ2v) is 14.0. The van der Waals surface area contributed by atoms with Crippen LogP contribution in [-0.4, -0.2) is 64.4 Å². The first-order valence-electron chi connectivity index (χ1n) is 13.5. The van der Waals surface area contributed by atoms with Gasteiger partial charge in [0, 0.05) is 30.2 Å². The maximum atomic E-state index is 13.7. The zero-order valence-corrected chi connectivity index (χ0v) is 25.3. The van der Waals surface area contributed by atoms with Gasteiger partial charge in [0.15, 0.2) is 0 Å². The number of nitrogens with zero attached hydrogens (tertiary/aromatic N) is 2. The Bertz CT molecular complexity index is 1270. The van der Waals surface area contributed by atoms with E-state index in [2.05, 4.69) is 0 Å². The van der Waals surface area contributed by atoms with Gasteiger partial charge in [-0.05, 0) is 63.3 Å². The number of carbonyl (C=O) groups is 1. The van der Waals surface area contributed by atoms with Crippen LogP contribution in [0.4, 0.5) is 4.39 Å². The molecule has 2 aromatic rings. The van der Waals surface area contributed by atoms with E-state index in [9.17, 15) is 27.8 Å². The van der Waals surface area contributed by atoms with Crippen molar-refractivity contribution in [3.05, 3.63) is 53.2 Å². The summed E-state index contributed by atoms with van der Waals surface area (Å²) < 4.78 is 42.3. The predicted molar refractivity (Wildman–Crippen MR) is 155 cm³/mol. The van der Waals surface area contributed by atoms with Crippen LogP contribution in [0.2, 0.25) is 0 Å². The van der Waals surface area contributed by atoms with Crippen molar-refractivity contribution in [1.29, 1.82) is 0 Å². The van der Waals surface area contributed by atoms with Crippen LogP contribution >= 0.6 is 0 Å². The molecule has 10 heteroatoms. The molecule has 0 aliphatic carbocycles. The third kappa shape index (κ3) is 11.8. The van der Waals surface area contributed by atoms with Crippen LogP contribution in [0.15, 0.2) is 30.3 Å². The number of carbonyl (C=O) groups excluding carboxylic acids is 1. The Balaban J connectivity index is 2.36. The summed E-state index contributed by atoms with van der Waals surface area (Å²) in [5.74, 6) is -0.405. The third-order valence-electron chi connectivity index (χ3n) is 5.95. The van der Waals surface area contributed by atoms with E-state index in [1.54, 1.807) is 39.0 Å². The number of aliphatic hydroxyl groups is 2. The molecule has 0 amide bonds. The first-order chi connectivity index (χ1) is 18.4. The van der Waals surface area contributed by atoms with Crippen LogP contribution in [0.1, 0.15) is 83.8 Å². The molecule has 40 heavy (non-hydrogen) atoms. The van der Waals surface area contributed by atoms with Crippen LogP contribution in [0, 0.1) is 11.7 Å². The van der Waals surface area contributed by atoms with Crippen molar-refractivity contribution in [1.82, 2.24) is 9.97 Å². The van der Waals surface area contributed by atoms with Crippen molar-refractivity contribution in [2.75, 3.05) is 12.0 Å². The van der Waals surface area contributed by atoms with Crippen molar-refractivity contribution in [3.63, 3.8) is 0 Å². The lowest BCUT2D eigenvalue weighted by molar-refractivity contribution is -0.157. The molecule has 2 rings (SSSR count). The fourth-order valence-electron chi connectivity index (χ4n) is 4.28. The molecule has 1 aromatic carbocycles. The molecule has 0 radical (unpaired) electrons. The minimum absolute atomic E-state index is 0.0241. The lowest BCUT2D eigenvalue weighted by Crippen LogP contribution is -2.27. The number of hydrogen-bond donors (Lipinski definition) is 2. The van der Waals surface area contributed by atoms with Crippen LogP contribution < -0.4 is 0 Å². The monoisotopic (exact) mass is 578 g/mol. The van der Waals surface area contributed by atoms with Gasteiger partial charge in [-0.25, -0.2) is 22.8 Å². The van der Waals surface area contributed by atoms with Crippen LogP contribution in [0.5, 0.6) is 0 Å². The van der Waals surface area contributed by atoms with Crippen molar-refractivity contribution in [3.8, 4) is 11.3 Å². The van der Waals surface area contributed by atoms with Crippen molar-refractivity contribution >= 4 is 21.9 Å². The standard InChI is InChI=1S/C30H43FN2O6S/c1-19(2)28-25(14-13-23(34)16-24(35)17-27(36)39-30(4,5)6)29(21-9-11-22(31)12-10-21)33-26(32-28)15-8-20(3)18-40(7,37)38/h9-14,19-20,23-24,34-35H,8,15-18H2,1-7H3/b14-13+/t20?,23-,24-/m1/s1. The van der Waals surface area contributed by atoms with Gasteiger partial charge in [-0.2, -0.15) is 0 Å². The molecule has 0 aliphatic rings. The molecule has 0 aliphatic heterocycles. The number of ether oxygens (including phenoxy) is 1. The summed E-state index contributed by atoms with van der Waals surface area (Å²) in [4.78, 5) is 21.6. The Morgan fingerprint density at radius 1 is 1.10 bits per heavy atom. The Labute approximate surface area is 237 Å². The van der Waals surface area contributed by atoms with E-state index >= 15 is 0 Å². The second kappa shape index (κ2) is 14.3. The normalized spacial score (nSPS) is 14.9. The molecule has 1 unspecified atom stereocenters. The lowest BCUT2D eigenvalue weighted by Gasteiger charge is -2.21. The lowest BCUT2D eigenvalue weighted by atomic mass is 9.96. The van der Waals surface area contributed by atoms with Gasteiger partial charge in [0.2, 0.25) is 0 Å². The smallest absolute Gasteiger partial charge is 0.308 e. The van der Waals surface area contributed by atoms with Crippen molar-refractivity contribution in [2.45, 2.75) is 91.0 Å². The molecular weight excluding hydrogens is 535 g/mol. The molecule has 3 atom stereocenters. The van der Waals surface area contributed by atoms with Gasteiger partial charge in [-0.15, -0.1) is 0 Å². The number of aryl methyl sites for hydroxylation is 1. The van der Waals surface area contributed by atoms with E-state index < -0.39 is 33.6 Å². The maximum Gasteiger partial charge on any atom is 0.308 e. The number of aliphatic hydroxyl groups excluding tert-OH is 2. The van der Waals surface area contributed by atoms with Gasteiger partial charge >= 0.3 is 5.97 Å². The highest BCUT2D eigenvalue weighted by atomic mass is 32.2. The summed E-state index contributed by atoms with van der Waals surface area (Å²) in [6.45, 7) is 11.0. The highest BCUT2D eigenvalue weighted by molar-refractivity contribution is 7.90. The predicted octanol–water partition coefficient (Wildman–Crippen LogP) is 4.88. The Kier molecular flexibility index (Phi) is 12.0. The largest absolute Gasteiger partial charge is 0.460 e. The number of aromatic nitrogens is 2. The minimum Gasteiger partial charge on any atom is -0.460 e. The summed E-state index contributed by atoms with van der Waals surface area (Å²) in [5, 5.41) is 20.9. The molecule has 2 N–H and O–H groups in total. The molecule has 8 nitrogen and oxygen atoms in total. The van der Waals surface area contributed by atoms with Crippen LogP contribution in [0.25, 0.3) is 17.3 Å². The number of benzene rings is 1. The SMILES string of the molecule is CC(CCc1nc(-c2ccc(F)cc2)c(/C=C/[C@@H](O)C[C@@H](O)CC(=O)OC(C)(C)C)c(C(C)C)n1)CS(C)(=O)=O. The van der Waals surface area contributed by atoms with Gasteiger partial charge in [0.25, 0.3) is 0 Å². The molecule has 0 bridgehead atoms. The Hall–Kier alpha value is -2.69. The summed E-state index contributed by atoms with van der Waals surface area (Å²) in [6.07, 6.45) is 3.00. The van der Waals surface area contributed by atoms with Gasteiger partial charge in [0.1, 0.15) is 27.1 Å². The molecule has 1 heterocycles. The summed E-state index contributed by atoms with van der Waals surface area (Å²) >= 11 is 0. The molecule has 0 saturated carbocycles. The quantitative estimate of drug-likeness (QED) is 0.322. The van der Waals surface area contributed by atoms with Crippen LogP contribution in [0.3, 0.4) is 0 Å². The van der Waals surface area contributed by atoms with Crippen LogP contribution in [-0.2, 0) is 25.8 Å². The highest BCUT2D eigenvalue weighted by Crippen LogP contribution is 2.30. The van der Waals surface area contributed by atoms with E-state index in [0.717, 1.165) is 5.69 Å². The second-order valence-electron chi connectivity index (χ2n) is 11.8. The first kappa shape index (κ1) is 33.5. The average Bonchev–Trinajstić information content (AvgIpc) is 2.79. The van der Waals surface area contributed by atoms with E-state index in [1.807, 2.05) is 20.8 Å². The zero-order valence-electron chi connectivity index (χ0n) is 24.5. The van der Waals surface area contributed by atoms with E-state index in [0.29, 0.717) is 35.5 Å². The molecule has 0 fully saturated rings. The Morgan fingerprint density at radius 2 is 1.73 bits per heavy atom. The van der Waals surface area contributed by atoms with Gasteiger partial charge in [0.05, 0.1) is 35.8 Å². The number of rotatable bonds is 13.